The number of nitrogen functional groups attached to an aromatic ring is 1. The molecule has 0 aliphatic heterocycles. The second-order valence-electron chi connectivity index (χ2n) is 5.34. The topological polar surface area (TPSA) is 76.7 Å². The minimum Gasteiger partial charge on any atom is -0.497 e. The van der Waals surface area contributed by atoms with E-state index in [1.54, 1.807) is 7.11 Å². The zero-order valence-electron chi connectivity index (χ0n) is 13.4. The van der Waals surface area contributed by atoms with Crippen molar-refractivity contribution in [2.45, 2.75) is 12.5 Å². The highest BCUT2D eigenvalue weighted by molar-refractivity contribution is 5.39. The van der Waals surface area contributed by atoms with Crippen molar-refractivity contribution >= 4 is 5.69 Å². The molecular weight excluding hydrogens is 292 g/mol. The van der Waals surface area contributed by atoms with Crippen LogP contribution in [0.25, 0.3) is 0 Å². The van der Waals surface area contributed by atoms with Gasteiger partial charge in [-0.05, 0) is 54.9 Å². The third-order valence-corrected chi connectivity index (χ3v) is 3.45. The average Bonchev–Trinajstić information content (AvgIpc) is 2.59. The summed E-state index contributed by atoms with van der Waals surface area (Å²) >= 11 is 0. The fourth-order valence-corrected chi connectivity index (χ4v) is 2.11. The number of hydrogen-bond acceptors (Lipinski definition) is 5. The van der Waals surface area contributed by atoms with E-state index in [4.69, 9.17) is 15.2 Å². The van der Waals surface area contributed by atoms with E-state index in [1.165, 1.54) is 5.56 Å². The van der Waals surface area contributed by atoms with Crippen LogP contribution in [0.4, 0.5) is 5.69 Å². The molecule has 0 spiro atoms. The summed E-state index contributed by atoms with van der Waals surface area (Å²) < 4.78 is 10.6. The van der Waals surface area contributed by atoms with Gasteiger partial charge in [-0.3, -0.25) is 0 Å². The van der Waals surface area contributed by atoms with Crippen molar-refractivity contribution in [1.82, 2.24) is 5.32 Å². The molecule has 4 N–H and O–H groups in total. The standard InChI is InChI=1S/C18H24N2O3/c1-22-17-6-8-18(9-7-17)23-13-16(21)12-20-11-10-14-2-4-15(19)5-3-14/h2-9,16,20-21H,10-13,19H2,1H3/t16-/m0/s1. The van der Waals surface area contributed by atoms with E-state index < -0.39 is 6.10 Å². The number of methoxy groups -OCH3 is 1. The summed E-state index contributed by atoms with van der Waals surface area (Å²) in [5.74, 6) is 1.49. The van der Waals surface area contributed by atoms with E-state index in [2.05, 4.69) is 5.32 Å². The monoisotopic (exact) mass is 316 g/mol. The number of nitrogens with two attached hydrogens (primary N) is 1. The molecule has 0 saturated heterocycles. The summed E-state index contributed by atoms with van der Waals surface area (Å²) in [4.78, 5) is 0. The summed E-state index contributed by atoms with van der Waals surface area (Å²) in [6, 6.07) is 15.1. The highest BCUT2D eigenvalue weighted by Gasteiger charge is 2.05. The Morgan fingerprint density at radius 3 is 2.35 bits per heavy atom. The van der Waals surface area contributed by atoms with E-state index in [0.717, 1.165) is 24.4 Å². The molecule has 2 aromatic carbocycles. The van der Waals surface area contributed by atoms with Gasteiger partial charge in [0.2, 0.25) is 0 Å². The van der Waals surface area contributed by atoms with Gasteiger partial charge < -0.3 is 25.6 Å². The van der Waals surface area contributed by atoms with Gasteiger partial charge in [0.25, 0.3) is 0 Å². The maximum atomic E-state index is 9.92. The fraction of sp³-hybridized carbons (Fsp3) is 0.333. The normalized spacial score (nSPS) is 11.9. The van der Waals surface area contributed by atoms with Crippen LogP contribution in [0.1, 0.15) is 5.56 Å². The van der Waals surface area contributed by atoms with Crippen LogP contribution in [0.5, 0.6) is 11.5 Å². The number of ether oxygens (including phenoxy) is 2. The van der Waals surface area contributed by atoms with Crippen LogP contribution < -0.4 is 20.5 Å². The molecule has 0 fully saturated rings. The lowest BCUT2D eigenvalue weighted by Gasteiger charge is -2.13. The molecule has 124 valence electrons. The zero-order chi connectivity index (χ0) is 16.5. The molecule has 0 unspecified atom stereocenters. The van der Waals surface area contributed by atoms with Gasteiger partial charge in [0.1, 0.15) is 24.2 Å². The Hall–Kier alpha value is -2.24. The SMILES string of the molecule is COc1ccc(OC[C@@H](O)CNCCc2ccc(N)cc2)cc1. The molecule has 0 amide bonds. The Balaban J connectivity index is 1.60. The molecule has 23 heavy (non-hydrogen) atoms. The van der Waals surface area contributed by atoms with Gasteiger partial charge in [0.05, 0.1) is 7.11 Å². The molecule has 0 saturated carbocycles. The van der Waals surface area contributed by atoms with Gasteiger partial charge in [-0.2, -0.15) is 0 Å². The van der Waals surface area contributed by atoms with Gasteiger partial charge in [0.15, 0.2) is 0 Å². The molecule has 0 bridgehead atoms. The van der Waals surface area contributed by atoms with Crippen molar-refractivity contribution in [3.8, 4) is 11.5 Å². The molecule has 0 aliphatic carbocycles. The van der Waals surface area contributed by atoms with Gasteiger partial charge in [-0.25, -0.2) is 0 Å². The predicted molar refractivity (Wildman–Crippen MR) is 91.9 cm³/mol. The largest absolute Gasteiger partial charge is 0.497 e. The minimum atomic E-state index is -0.552. The summed E-state index contributed by atoms with van der Waals surface area (Å²) in [5.41, 5.74) is 7.64. The summed E-state index contributed by atoms with van der Waals surface area (Å²) in [6.45, 7) is 1.54. The number of anilines is 1. The maximum absolute atomic E-state index is 9.92. The third-order valence-electron chi connectivity index (χ3n) is 3.45. The summed E-state index contributed by atoms with van der Waals surface area (Å²) in [5, 5.41) is 13.1. The lowest BCUT2D eigenvalue weighted by Crippen LogP contribution is -2.32. The number of benzene rings is 2. The summed E-state index contributed by atoms with van der Waals surface area (Å²) in [6.07, 6.45) is 0.343. The number of rotatable bonds is 9. The van der Waals surface area contributed by atoms with Crippen molar-refractivity contribution in [1.29, 1.82) is 0 Å². The fourth-order valence-electron chi connectivity index (χ4n) is 2.11. The van der Waals surface area contributed by atoms with Crippen LogP contribution in [0.15, 0.2) is 48.5 Å². The zero-order valence-corrected chi connectivity index (χ0v) is 13.4. The lowest BCUT2D eigenvalue weighted by molar-refractivity contribution is 0.106. The van der Waals surface area contributed by atoms with E-state index in [1.807, 2.05) is 48.5 Å². The number of hydrogen-bond donors (Lipinski definition) is 3. The van der Waals surface area contributed by atoms with Gasteiger partial charge >= 0.3 is 0 Å². The van der Waals surface area contributed by atoms with Crippen molar-refractivity contribution < 1.29 is 14.6 Å². The molecule has 2 rings (SSSR count). The number of nitrogens with one attached hydrogen (secondary N) is 1. The van der Waals surface area contributed by atoms with E-state index in [-0.39, 0.29) is 6.61 Å². The predicted octanol–water partition coefficient (Wildman–Crippen LogP) is 1.85. The van der Waals surface area contributed by atoms with Crippen molar-refractivity contribution in [3.05, 3.63) is 54.1 Å². The molecule has 0 heterocycles. The molecule has 0 aliphatic rings. The van der Waals surface area contributed by atoms with Gasteiger partial charge in [-0.15, -0.1) is 0 Å². The molecule has 0 aromatic heterocycles. The van der Waals surface area contributed by atoms with Crippen LogP contribution in [0.2, 0.25) is 0 Å². The first-order valence-corrected chi connectivity index (χ1v) is 7.67. The second-order valence-corrected chi connectivity index (χ2v) is 5.34. The molecule has 5 nitrogen and oxygen atoms in total. The molecule has 2 aromatic rings. The van der Waals surface area contributed by atoms with E-state index in [0.29, 0.717) is 12.3 Å². The van der Waals surface area contributed by atoms with E-state index in [9.17, 15) is 5.11 Å². The average molecular weight is 316 g/mol. The Morgan fingerprint density at radius 2 is 1.70 bits per heavy atom. The minimum absolute atomic E-state index is 0.251. The van der Waals surface area contributed by atoms with Crippen molar-refractivity contribution in [2.75, 3.05) is 32.5 Å². The van der Waals surface area contributed by atoms with Gasteiger partial charge in [0, 0.05) is 12.2 Å². The Morgan fingerprint density at radius 1 is 1.04 bits per heavy atom. The molecule has 0 radical (unpaired) electrons. The first-order chi connectivity index (χ1) is 11.2. The highest BCUT2D eigenvalue weighted by Crippen LogP contribution is 2.17. The Bertz CT molecular complexity index is 570. The number of aliphatic hydroxyl groups excluding tert-OH is 1. The van der Waals surface area contributed by atoms with E-state index >= 15 is 0 Å². The molecule has 5 heteroatoms. The highest BCUT2D eigenvalue weighted by atomic mass is 16.5. The third kappa shape index (κ3) is 6.18. The number of aliphatic hydroxyl groups is 1. The van der Waals surface area contributed by atoms with Gasteiger partial charge in [-0.1, -0.05) is 12.1 Å². The van der Waals surface area contributed by atoms with Crippen LogP contribution >= 0.6 is 0 Å². The van der Waals surface area contributed by atoms with Crippen LogP contribution in [-0.4, -0.2) is 38.0 Å². The first kappa shape index (κ1) is 17.1. The second kappa shape index (κ2) is 9.02. The Kier molecular flexibility index (Phi) is 6.72. The van der Waals surface area contributed by atoms with Crippen molar-refractivity contribution in [3.63, 3.8) is 0 Å². The molecular formula is C18H24N2O3. The van der Waals surface area contributed by atoms with Crippen LogP contribution in [0, 0.1) is 0 Å². The van der Waals surface area contributed by atoms with Crippen molar-refractivity contribution in [2.24, 2.45) is 0 Å². The lowest BCUT2D eigenvalue weighted by atomic mass is 10.1. The maximum Gasteiger partial charge on any atom is 0.119 e. The summed E-state index contributed by atoms with van der Waals surface area (Å²) in [7, 11) is 1.62. The quantitative estimate of drug-likeness (QED) is 0.486. The van der Waals surface area contributed by atoms with Crippen LogP contribution in [-0.2, 0) is 6.42 Å². The first-order valence-electron chi connectivity index (χ1n) is 7.67. The molecule has 1 atom stereocenters. The Labute approximate surface area is 137 Å². The smallest absolute Gasteiger partial charge is 0.119 e. The van der Waals surface area contributed by atoms with Crippen LogP contribution in [0.3, 0.4) is 0 Å².